The van der Waals surface area contributed by atoms with Crippen LogP contribution in [0.15, 0.2) is 36.5 Å². The fraction of sp³-hybridized carbons (Fsp3) is 0.743. The van der Waals surface area contributed by atoms with Crippen molar-refractivity contribution in [1.29, 1.82) is 0 Å². The number of nitrogens with one attached hydrogen (secondary N) is 1. The molecule has 1 N–H and O–H groups in total. The van der Waals surface area contributed by atoms with Gasteiger partial charge in [-0.05, 0) is 30.2 Å². The fourth-order valence-corrected chi connectivity index (χ4v) is 7.31. The predicted octanol–water partition coefficient (Wildman–Crippen LogP) is 11.4. The van der Waals surface area contributed by atoms with Crippen LogP contribution >= 0.6 is 0 Å². The molecule has 206 valence electrons. The van der Waals surface area contributed by atoms with E-state index in [1.165, 1.54) is 165 Å². The second kappa shape index (κ2) is 17.1. The smallest absolute Gasteiger partial charge is 0.109 e. The van der Waals surface area contributed by atoms with Crippen molar-refractivity contribution in [3.8, 4) is 11.3 Å². The zero-order chi connectivity index (χ0) is 25.4. The summed E-state index contributed by atoms with van der Waals surface area (Å²) < 4.78 is 0. The Bertz CT molecular complexity index is 811. The Morgan fingerprint density at radius 2 is 0.892 bits per heavy atom. The van der Waals surface area contributed by atoms with Crippen molar-refractivity contribution in [3.05, 3.63) is 42.4 Å². The van der Waals surface area contributed by atoms with E-state index in [0.717, 1.165) is 11.8 Å². The van der Waals surface area contributed by atoms with Crippen molar-refractivity contribution in [2.24, 2.45) is 11.8 Å². The van der Waals surface area contributed by atoms with E-state index in [0.29, 0.717) is 5.92 Å². The fourth-order valence-electron chi connectivity index (χ4n) is 7.31. The van der Waals surface area contributed by atoms with Crippen LogP contribution in [-0.2, 0) is 0 Å². The van der Waals surface area contributed by atoms with E-state index >= 15 is 0 Å². The highest BCUT2D eigenvalue weighted by Crippen LogP contribution is 2.35. The summed E-state index contributed by atoms with van der Waals surface area (Å²) in [5, 5.41) is 0. The molecule has 0 aliphatic heterocycles. The SMILES string of the molecule is c1ccc(-c2cnc(C3CCCCCCC(C4CCCCCCCCCCCC4)CCCCC3)[nH]2)cc1. The number of aromatic nitrogens is 2. The first-order chi connectivity index (χ1) is 18.4. The van der Waals surface area contributed by atoms with Crippen LogP contribution in [0.1, 0.15) is 159 Å². The third-order valence-corrected chi connectivity index (χ3v) is 9.64. The summed E-state index contributed by atoms with van der Waals surface area (Å²) in [5.74, 6) is 3.85. The number of nitrogens with zero attached hydrogens (tertiary/aromatic N) is 1. The van der Waals surface area contributed by atoms with Crippen LogP contribution in [0.25, 0.3) is 11.3 Å². The summed E-state index contributed by atoms with van der Waals surface area (Å²) in [4.78, 5) is 8.57. The second-order valence-electron chi connectivity index (χ2n) is 12.5. The predicted molar refractivity (Wildman–Crippen MR) is 160 cm³/mol. The quantitative estimate of drug-likeness (QED) is 0.442. The van der Waals surface area contributed by atoms with Gasteiger partial charge >= 0.3 is 0 Å². The molecule has 2 fully saturated rings. The minimum Gasteiger partial charge on any atom is -0.342 e. The largest absolute Gasteiger partial charge is 0.342 e. The number of hydrogen-bond donors (Lipinski definition) is 1. The van der Waals surface area contributed by atoms with Gasteiger partial charge in [0.25, 0.3) is 0 Å². The Balaban J connectivity index is 1.30. The highest BCUT2D eigenvalue weighted by molar-refractivity contribution is 5.58. The second-order valence-corrected chi connectivity index (χ2v) is 12.5. The lowest BCUT2D eigenvalue weighted by atomic mass is 9.78. The maximum Gasteiger partial charge on any atom is 0.109 e. The van der Waals surface area contributed by atoms with E-state index in [2.05, 4.69) is 41.5 Å². The monoisotopic (exact) mass is 504 g/mol. The van der Waals surface area contributed by atoms with Crippen molar-refractivity contribution in [1.82, 2.24) is 9.97 Å². The maximum absolute atomic E-state index is 4.87. The maximum atomic E-state index is 4.87. The molecule has 2 saturated carbocycles. The molecule has 37 heavy (non-hydrogen) atoms. The van der Waals surface area contributed by atoms with E-state index < -0.39 is 0 Å². The molecule has 2 nitrogen and oxygen atoms in total. The molecule has 1 aromatic heterocycles. The van der Waals surface area contributed by atoms with E-state index in [-0.39, 0.29) is 0 Å². The van der Waals surface area contributed by atoms with E-state index in [1.54, 1.807) is 0 Å². The van der Waals surface area contributed by atoms with Crippen molar-refractivity contribution < 1.29 is 0 Å². The van der Waals surface area contributed by atoms with Crippen LogP contribution in [0.3, 0.4) is 0 Å². The highest BCUT2D eigenvalue weighted by Gasteiger charge is 2.22. The van der Waals surface area contributed by atoms with Crippen LogP contribution < -0.4 is 0 Å². The molecule has 1 heterocycles. The molecule has 2 unspecified atom stereocenters. The standard InChI is InChI=1S/C35H56N2/c1-2-4-6-8-14-22-30(21-13-7-5-3-1)31-23-15-9-10-16-27-33(28-20-11-17-24-31)35-36-29-34(37-35)32-25-18-12-19-26-32/h12,18-19,25-26,29-31,33H,1-11,13-17,20-24,27-28H2,(H,36,37). The van der Waals surface area contributed by atoms with E-state index in [9.17, 15) is 0 Å². The molecule has 0 amide bonds. The molecule has 4 rings (SSSR count). The number of hydrogen-bond acceptors (Lipinski definition) is 1. The molecule has 2 aromatic rings. The number of aromatic amines is 1. The Morgan fingerprint density at radius 1 is 0.486 bits per heavy atom. The molecule has 0 saturated heterocycles. The van der Waals surface area contributed by atoms with Gasteiger partial charge in [-0.3, -0.25) is 0 Å². The van der Waals surface area contributed by atoms with E-state index in [4.69, 9.17) is 4.98 Å². The first-order valence-corrected chi connectivity index (χ1v) is 16.5. The van der Waals surface area contributed by atoms with Crippen LogP contribution in [-0.4, -0.2) is 9.97 Å². The molecule has 0 radical (unpaired) electrons. The van der Waals surface area contributed by atoms with Gasteiger partial charge in [0.1, 0.15) is 5.82 Å². The van der Waals surface area contributed by atoms with Crippen molar-refractivity contribution in [2.75, 3.05) is 0 Å². The number of benzene rings is 1. The number of rotatable bonds is 3. The molecule has 2 aliphatic carbocycles. The van der Waals surface area contributed by atoms with Crippen LogP contribution in [0.2, 0.25) is 0 Å². The lowest BCUT2D eigenvalue weighted by Gasteiger charge is -2.28. The first kappa shape index (κ1) is 28.4. The van der Waals surface area contributed by atoms with Crippen molar-refractivity contribution >= 4 is 0 Å². The third kappa shape index (κ3) is 10.3. The van der Waals surface area contributed by atoms with Gasteiger partial charge in [0, 0.05) is 5.92 Å². The lowest BCUT2D eigenvalue weighted by molar-refractivity contribution is 0.237. The van der Waals surface area contributed by atoms with Gasteiger partial charge in [-0.15, -0.1) is 0 Å². The van der Waals surface area contributed by atoms with Gasteiger partial charge in [-0.25, -0.2) is 4.98 Å². The zero-order valence-electron chi connectivity index (χ0n) is 23.9. The van der Waals surface area contributed by atoms with Gasteiger partial charge in [0.2, 0.25) is 0 Å². The molecule has 1 aromatic carbocycles. The molecule has 2 heteroatoms. The van der Waals surface area contributed by atoms with Crippen LogP contribution in [0.5, 0.6) is 0 Å². The van der Waals surface area contributed by atoms with Gasteiger partial charge in [0.05, 0.1) is 11.9 Å². The molecular weight excluding hydrogens is 448 g/mol. The molecule has 0 spiro atoms. The normalized spacial score (nSPS) is 25.4. The van der Waals surface area contributed by atoms with E-state index in [1.807, 2.05) is 0 Å². The average Bonchev–Trinajstić information content (AvgIpc) is 3.43. The lowest BCUT2D eigenvalue weighted by Crippen LogP contribution is -2.16. The van der Waals surface area contributed by atoms with Gasteiger partial charge in [-0.2, -0.15) is 0 Å². The minimum absolute atomic E-state index is 0.601. The molecule has 0 bridgehead atoms. The zero-order valence-corrected chi connectivity index (χ0v) is 23.9. The summed E-state index contributed by atoms with van der Waals surface area (Å²) in [6, 6.07) is 10.7. The van der Waals surface area contributed by atoms with Gasteiger partial charge in [-0.1, -0.05) is 165 Å². The van der Waals surface area contributed by atoms with Gasteiger partial charge in [0.15, 0.2) is 0 Å². The number of H-pyrrole nitrogens is 1. The number of imidazole rings is 1. The topological polar surface area (TPSA) is 28.7 Å². The Morgan fingerprint density at radius 3 is 1.38 bits per heavy atom. The van der Waals surface area contributed by atoms with Crippen molar-refractivity contribution in [3.63, 3.8) is 0 Å². The molecule has 2 aliphatic rings. The van der Waals surface area contributed by atoms with Crippen molar-refractivity contribution in [2.45, 2.75) is 154 Å². The van der Waals surface area contributed by atoms with Gasteiger partial charge < -0.3 is 4.98 Å². The Labute approximate surface area is 228 Å². The summed E-state index contributed by atoms with van der Waals surface area (Å²) in [6.45, 7) is 0. The highest BCUT2D eigenvalue weighted by atomic mass is 14.9. The Kier molecular flexibility index (Phi) is 13.1. The van der Waals surface area contributed by atoms with Crippen LogP contribution in [0.4, 0.5) is 0 Å². The van der Waals surface area contributed by atoms with Crippen LogP contribution in [0, 0.1) is 11.8 Å². The Hall–Kier alpha value is -1.57. The molecular formula is C35H56N2. The summed E-state index contributed by atoms with van der Waals surface area (Å²) in [7, 11) is 0. The molecule has 2 atom stereocenters. The first-order valence-electron chi connectivity index (χ1n) is 16.5. The third-order valence-electron chi connectivity index (χ3n) is 9.64. The summed E-state index contributed by atoms with van der Waals surface area (Å²) in [5.41, 5.74) is 2.42. The minimum atomic E-state index is 0.601. The summed E-state index contributed by atoms with van der Waals surface area (Å²) >= 11 is 0. The average molecular weight is 505 g/mol. The summed E-state index contributed by atoms with van der Waals surface area (Å²) in [6.07, 6.45) is 35.5.